The third-order valence-corrected chi connectivity index (χ3v) is 4.17. The fourth-order valence-corrected chi connectivity index (χ4v) is 2.61. The van der Waals surface area contributed by atoms with Crippen molar-refractivity contribution in [2.24, 2.45) is 0 Å². The van der Waals surface area contributed by atoms with Crippen LogP contribution in [0.2, 0.25) is 0 Å². The monoisotopic (exact) mass is 344 g/mol. The molecule has 0 aliphatic carbocycles. The van der Waals surface area contributed by atoms with Crippen molar-refractivity contribution in [2.45, 2.75) is 12.8 Å². The second-order valence-electron chi connectivity index (χ2n) is 5.75. The zero-order valence-corrected chi connectivity index (χ0v) is 14.9. The standard InChI is InChI=1S/C21H20N4O/c1-5-15-12-23-21(25-17(15)6-2)19-9-7-8-18(24-19)14(3)16-10-11-20(26-4)22-13-16/h5-14H,1-2H2,3-4H3. The SMILES string of the molecule is C=Cc1cnc(-c2cccc(C(C)c3ccc(OC)nc3)n2)nc1C=C. The number of rotatable bonds is 6. The van der Waals surface area contributed by atoms with Crippen molar-refractivity contribution in [2.75, 3.05) is 7.11 Å². The molecule has 26 heavy (non-hydrogen) atoms. The van der Waals surface area contributed by atoms with Gasteiger partial charge in [-0.1, -0.05) is 38.3 Å². The Morgan fingerprint density at radius 1 is 1.00 bits per heavy atom. The summed E-state index contributed by atoms with van der Waals surface area (Å²) in [6, 6.07) is 9.70. The van der Waals surface area contributed by atoms with E-state index < -0.39 is 0 Å². The lowest BCUT2D eigenvalue weighted by atomic mass is 9.99. The summed E-state index contributed by atoms with van der Waals surface area (Å²) in [7, 11) is 1.60. The highest BCUT2D eigenvalue weighted by atomic mass is 16.5. The fraction of sp³-hybridized carbons (Fsp3) is 0.143. The van der Waals surface area contributed by atoms with Crippen LogP contribution in [0.25, 0.3) is 23.7 Å². The molecule has 3 heterocycles. The van der Waals surface area contributed by atoms with Crippen molar-refractivity contribution >= 4 is 12.2 Å². The molecule has 3 rings (SSSR count). The van der Waals surface area contributed by atoms with Gasteiger partial charge in [0.1, 0.15) is 5.69 Å². The molecule has 0 aliphatic heterocycles. The smallest absolute Gasteiger partial charge is 0.212 e. The number of pyridine rings is 2. The van der Waals surface area contributed by atoms with Gasteiger partial charge >= 0.3 is 0 Å². The van der Waals surface area contributed by atoms with Crippen LogP contribution in [-0.2, 0) is 0 Å². The van der Waals surface area contributed by atoms with Crippen LogP contribution in [0, 0.1) is 0 Å². The molecule has 0 saturated heterocycles. The predicted molar refractivity (Wildman–Crippen MR) is 104 cm³/mol. The zero-order chi connectivity index (χ0) is 18.5. The summed E-state index contributed by atoms with van der Waals surface area (Å²) in [6.07, 6.45) is 6.95. The molecule has 0 radical (unpaired) electrons. The Balaban J connectivity index is 1.94. The number of hydrogen-bond donors (Lipinski definition) is 0. The Bertz CT molecular complexity index is 935. The first kappa shape index (κ1) is 17.5. The van der Waals surface area contributed by atoms with Crippen molar-refractivity contribution in [3.8, 4) is 17.4 Å². The molecule has 0 spiro atoms. The van der Waals surface area contributed by atoms with Gasteiger partial charge < -0.3 is 4.74 Å². The zero-order valence-electron chi connectivity index (χ0n) is 14.9. The van der Waals surface area contributed by atoms with Gasteiger partial charge in [0, 0.05) is 35.6 Å². The lowest BCUT2D eigenvalue weighted by Crippen LogP contribution is -2.03. The highest BCUT2D eigenvalue weighted by Gasteiger charge is 2.13. The molecule has 3 aromatic heterocycles. The van der Waals surface area contributed by atoms with Crippen LogP contribution in [0.15, 0.2) is 55.9 Å². The largest absolute Gasteiger partial charge is 0.481 e. The van der Waals surface area contributed by atoms with Crippen molar-refractivity contribution in [1.82, 2.24) is 19.9 Å². The summed E-state index contributed by atoms with van der Waals surface area (Å²) in [5, 5.41) is 0. The van der Waals surface area contributed by atoms with Gasteiger partial charge in [-0.2, -0.15) is 0 Å². The van der Waals surface area contributed by atoms with E-state index in [4.69, 9.17) is 9.72 Å². The maximum atomic E-state index is 5.11. The number of methoxy groups -OCH3 is 1. The van der Waals surface area contributed by atoms with Crippen LogP contribution in [0.4, 0.5) is 0 Å². The molecule has 5 heteroatoms. The normalized spacial score (nSPS) is 11.6. The van der Waals surface area contributed by atoms with Crippen LogP contribution in [-0.4, -0.2) is 27.0 Å². The van der Waals surface area contributed by atoms with Crippen molar-refractivity contribution in [3.63, 3.8) is 0 Å². The van der Waals surface area contributed by atoms with E-state index in [-0.39, 0.29) is 5.92 Å². The summed E-state index contributed by atoms with van der Waals surface area (Å²) in [5.74, 6) is 1.24. The third-order valence-electron chi connectivity index (χ3n) is 4.17. The average molecular weight is 344 g/mol. The first-order valence-electron chi connectivity index (χ1n) is 8.25. The van der Waals surface area contributed by atoms with Crippen molar-refractivity contribution < 1.29 is 4.74 Å². The Labute approximate surface area is 153 Å². The Morgan fingerprint density at radius 3 is 2.50 bits per heavy atom. The van der Waals surface area contributed by atoms with Crippen LogP contribution < -0.4 is 4.74 Å². The quantitative estimate of drug-likeness (QED) is 0.664. The second kappa shape index (κ2) is 7.70. The predicted octanol–water partition coefficient (Wildman–Crippen LogP) is 4.38. The Kier molecular flexibility index (Phi) is 5.17. The molecule has 3 aromatic rings. The maximum Gasteiger partial charge on any atom is 0.212 e. The summed E-state index contributed by atoms with van der Waals surface area (Å²) in [5.41, 5.74) is 4.29. The van der Waals surface area contributed by atoms with Crippen LogP contribution in [0.5, 0.6) is 5.88 Å². The summed E-state index contributed by atoms with van der Waals surface area (Å²) in [4.78, 5) is 18.0. The molecular formula is C21H20N4O. The molecular weight excluding hydrogens is 324 g/mol. The van der Waals surface area contributed by atoms with E-state index >= 15 is 0 Å². The molecule has 0 fully saturated rings. The molecule has 1 unspecified atom stereocenters. The van der Waals surface area contributed by atoms with E-state index in [1.807, 2.05) is 36.5 Å². The lowest BCUT2D eigenvalue weighted by molar-refractivity contribution is 0.397. The van der Waals surface area contributed by atoms with Gasteiger partial charge in [0.2, 0.25) is 5.88 Å². The number of nitrogens with zero attached hydrogens (tertiary/aromatic N) is 4. The van der Waals surface area contributed by atoms with Gasteiger partial charge in [-0.3, -0.25) is 0 Å². The average Bonchev–Trinajstić information content (AvgIpc) is 2.72. The van der Waals surface area contributed by atoms with Gasteiger partial charge in [-0.25, -0.2) is 19.9 Å². The summed E-state index contributed by atoms with van der Waals surface area (Å²) >= 11 is 0. The Hall–Kier alpha value is -3.34. The van der Waals surface area contributed by atoms with E-state index in [1.54, 1.807) is 25.5 Å². The van der Waals surface area contributed by atoms with Crippen LogP contribution in [0.1, 0.15) is 35.4 Å². The number of hydrogen-bond acceptors (Lipinski definition) is 5. The van der Waals surface area contributed by atoms with Gasteiger partial charge in [0.15, 0.2) is 5.82 Å². The van der Waals surface area contributed by atoms with Gasteiger partial charge in [0.05, 0.1) is 12.8 Å². The van der Waals surface area contributed by atoms with Crippen LogP contribution in [0.3, 0.4) is 0 Å². The highest BCUT2D eigenvalue weighted by Crippen LogP contribution is 2.25. The third kappa shape index (κ3) is 3.52. The van der Waals surface area contributed by atoms with Gasteiger partial charge in [-0.15, -0.1) is 0 Å². The van der Waals surface area contributed by atoms with E-state index in [2.05, 4.69) is 35.0 Å². The number of aromatic nitrogens is 4. The molecule has 5 nitrogen and oxygen atoms in total. The minimum absolute atomic E-state index is 0.0830. The van der Waals surface area contributed by atoms with Gasteiger partial charge in [0.25, 0.3) is 0 Å². The lowest BCUT2D eigenvalue weighted by Gasteiger charge is -2.13. The Morgan fingerprint density at radius 2 is 1.85 bits per heavy atom. The minimum atomic E-state index is 0.0830. The van der Waals surface area contributed by atoms with Crippen LogP contribution >= 0.6 is 0 Å². The van der Waals surface area contributed by atoms with Gasteiger partial charge in [-0.05, 0) is 23.8 Å². The fourth-order valence-electron chi connectivity index (χ4n) is 2.61. The number of ether oxygens (including phenoxy) is 1. The molecule has 0 N–H and O–H groups in total. The maximum absolute atomic E-state index is 5.11. The second-order valence-corrected chi connectivity index (χ2v) is 5.75. The van der Waals surface area contributed by atoms with E-state index in [9.17, 15) is 0 Å². The molecule has 1 atom stereocenters. The minimum Gasteiger partial charge on any atom is -0.481 e. The van der Waals surface area contributed by atoms with E-state index in [1.165, 1.54) is 0 Å². The van der Waals surface area contributed by atoms with Crippen molar-refractivity contribution in [3.05, 3.63) is 78.4 Å². The molecule has 0 aromatic carbocycles. The first-order valence-corrected chi connectivity index (χ1v) is 8.25. The molecule has 0 aliphatic rings. The molecule has 0 saturated carbocycles. The van der Waals surface area contributed by atoms with Crippen molar-refractivity contribution in [1.29, 1.82) is 0 Å². The molecule has 0 bridgehead atoms. The summed E-state index contributed by atoms with van der Waals surface area (Å²) < 4.78 is 5.11. The summed E-state index contributed by atoms with van der Waals surface area (Å²) in [6.45, 7) is 9.65. The van der Waals surface area contributed by atoms with E-state index in [0.29, 0.717) is 11.7 Å². The molecule has 130 valence electrons. The van der Waals surface area contributed by atoms with E-state index in [0.717, 1.165) is 28.2 Å². The topological polar surface area (TPSA) is 60.8 Å². The molecule has 0 amide bonds. The highest BCUT2D eigenvalue weighted by molar-refractivity contribution is 5.62. The first-order chi connectivity index (χ1) is 12.7.